The predicted molar refractivity (Wildman–Crippen MR) is 85.5 cm³/mol. The number of hydrogen-bond acceptors (Lipinski definition) is 2. The number of rotatable bonds is 3. The average molecular weight is 303 g/mol. The number of fused-ring (bicyclic) bond motifs is 1. The zero-order valence-corrected chi connectivity index (χ0v) is 12.9. The molecule has 1 heterocycles. The number of halogens is 1. The predicted octanol–water partition coefficient (Wildman–Crippen LogP) is 4.68. The second-order valence-corrected chi connectivity index (χ2v) is 5.88. The van der Waals surface area contributed by atoms with Crippen LogP contribution in [0.3, 0.4) is 0 Å². The minimum atomic E-state index is -0.0664. The quantitative estimate of drug-likeness (QED) is 0.767. The molecule has 0 amide bonds. The van der Waals surface area contributed by atoms with Crippen LogP contribution in [0, 0.1) is 6.92 Å². The summed E-state index contributed by atoms with van der Waals surface area (Å²) in [6.07, 6.45) is 1.73. The van der Waals surface area contributed by atoms with Gasteiger partial charge in [0.1, 0.15) is 0 Å². The molecule has 0 bridgehead atoms. The molecule has 1 unspecified atom stereocenters. The van der Waals surface area contributed by atoms with E-state index in [1.54, 1.807) is 0 Å². The van der Waals surface area contributed by atoms with Gasteiger partial charge in [0.05, 0.1) is 18.6 Å². The average Bonchev–Trinajstić information content (AvgIpc) is 2.74. The molecule has 0 fully saturated rings. The first-order valence-electron chi connectivity index (χ1n) is 7.32. The molecule has 110 valence electrons. The fraction of sp³-hybridized carbons (Fsp3) is 0.333. The monoisotopic (exact) mass is 302 g/mol. The Hall–Kier alpha value is -1.67. The molecule has 1 atom stereocenters. The van der Waals surface area contributed by atoms with Crippen molar-refractivity contribution in [1.29, 1.82) is 0 Å². The van der Waals surface area contributed by atoms with Gasteiger partial charge in [0, 0.05) is 6.42 Å². The lowest BCUT2D eigenvalue weighted by molar-refractivity contribution is 0.297. The van der Waals surface area contributed by atoms with Crippen molar-refractivity contribution in [2.45, 2.75) is 25.1 Å². The molecule has 3 rings (SSSR count). The van der Waals surface area contributed by atoms with Crippen LogP contribution in [-0.2, 0) is 6.42 Å². The summed E-state index contributed by atoms with van der Waals surface area (Å²) in [6, 6.07) is 14.4. The Kier molecular flexibility index (Phi) is 4.35. The summed E-state index contributed by atoms with van der Waals surface area (Å²) in [4.78, 5) is 0. The molecule has 2 aromatic carbocycles. The summed E-state index contributed by atoms with van der Waals surface area (Å²) in [7, 11) is 0. The second-order valence-electron chi connectivity index (χ2n) is 5.35. The van der Waals surface area contributed by atoms with Crippen LogP contribution in [0.15, 0.2) is 42.5 Å². The van der Waals surface area contributed by atoms with Gasteiger partial charge in [0.25, 0.3) is 0 Å². The molecule has 3 heteroatoms. The molecule has 2 nitrogen and oxygen atoms in total. The fourth-order valence-electron chi connectivity index (χ4n) is 2.52. The largest absolute Gasteiger partial charge is 0.490 e. The normalized spacial score (nSPS) is 15.3. The van der Waals surface area contributed by atoms with Crippen molar-refractivity contribution in [2.75, 3.05) is 13.2 Å². The minimum Gasteiger partial charge on any atom is -0.490 e. The number of aryl methyl sites for hydroxylation is 1. The highest BCUT2D eigenvalue weighted by Crippen LogP contribution is 2.35. The van der Waals surface area contributed by atoms with Gasteiger partial charge in [-0.05, 0) is 42.2 Å². The molecule has 2 aromatic rings. The van der Waals surface area contributed by atoms with Crippen molar-refractivity contribution in [3.63, 3.8) is 0 Å². The maximum absolute atomic E-state index is 6.60. The van der Waals surface area contributed by atoms with Gasteiger partial charge in [-0.3, -0.25) is 0 Å². The van der Waals surface area contributed by atoms with E-state index in [1.165, 1.54) is 11.1 Å². The SMILES string of the molecule is Cc1ccccc1CC(Cl)c1ccc2c(c1)OCCCO2. The zero-order chi connectivity index (χ0) is 14.7. The molecule has 1 aliphatic rings. The van der Waals surface area contributed by atoms with Crippen LogP contribution in [0.4, 0.5) is 0 Å². The highest BCUT2D eigenvalue weighted by molar-refractivity contribution is 6.21. The lowest BCUT2D eigenvalue weighted by Gasteiger charge is -2.14. The molecule has 0 spiro atoms. The van der Waals surface area contributed by atoms with Gasteiger partial charge < -0.3 is 9.47 Å². The highest BCUT2D eigenvalue weighted by atomic mass is 35.5. The molecular weight excluding hydrogens is 284 g/mol. The molecule has 0 N–H and O–H groups in total. The lowest BCUT2D eigenvalue weighted by atomic mass is 10.00. The smallest absolute Gasteiger partial charge is 0.161 e. The molecule has 0 radical (unpaired) electrons. The third kappa shape index (κ3) is 3.33. The van der Waals surface area contributed by atoms with E-state index in [-0.39, 0.29) is 5.38 Å². The Balaban J connectivity index is 1.80. The Bertz CT molecular complexity index is 624. The summed E-state index contributed by atoms with van der Waals surface area (Å²) in [6.45, 7) is 3.52. The number of hydrogen-bond donors (Lipinski definition) is 0. The molecule has 21 heavy (non-hydrogen) atoms. The maximum Gasteiger partial charge on any atom is 0.161 e. The third-order valence-electron chi connectivity index (χ3n) is 3.79. The van der Waals surface area contributed by atoms with Crippen molar-refractivity contribution in [1.82, 2.24) is 0 Å². The zero-order valence-electron chi connectivity index (χ0n) is 12.1. The van der Waals surface area contributed by atoms with Gasteiger partial charge in [-0.25, -0.2) is 0 Å². The summed E-state index contributed by atoms with van der Waals surface area (Å²) in [5.74, 6) is 1.62. The number of benzene rings is 2. The summed E-state index contributed by atoms with van der Waals surface area (Å²) >= 11 is 6.60. The van der Waals surface area contributed by atoms with Crippen molar-refractivity contribution in [3.05, 3.63) is 59.2 Å². The van der Waals surface area contributed by atoms with Gasteiger partial charge >= 0.3 is 0 Å². The topological polar surface area (TPSA) is 18.5 Å². The van der Waals surface area contributed by atoms with E-state index in [0.29, 0.717) is 13.2 Å². The van der Waals surface area contributed by atoms with E-state index < -0.39 is 0 Å². The maximum atomic E-state index is 6.60. The van der Waals surface area contributed by atoms with Gasteiger partial charge in [0.15, 0.2) is 11.5 Å². The van der Waals surface area contributed by atoms with Crippen LogP contribution in [0.2, 0.25) is 0 Å². The minimum absolute atomic E-state index is 0.0664. The Labute approximate surface area is 130 Å². The van der Waals surface area contributed by atoms with Crippen molar-refractivity contribution in [3.8, 4) is 11.5 Å². The number of alkyl halides is 1. The van der Waals surface area contributed by atoms with E-state index >= 15 is 0 Å². The van der Waals surface area contributed by atoms with Crippen LogP contribution in [-0.4, -0.2) is 13.2 Å². The second kappa shape index (κ2) is 6.40. The van der Waals surface area contributed by atoms with Gasteiger partial charge in [-0.2, -0.15) is 0 Å². The fourth-order valence-corrected chi connectivity index (χ4v) is 2.83. The first-order chi connectivity index (χ1) is 10.2. The molecule has 0 aliphatic carbocycles. The molecular formula is C18H19ClO2. The molecule has 0 saturated heterocycles. The van der Waals surface area contributed by atoms with Gasteiger partial charge in [-0.1, -0.05) is 30.3 Å². The summed E-state index contributed by atoms with van der Waals surface area (Å²) in [5.41, 5.74) is 3.63. The summed E-state index contributed by atoms with van der Waals surface area (Å²) < 4.78 is 11.4. The molecule has 0 aromatic heterocycles. The highest BCUT2D eigenvalue weighted by Gasteiger charge is 2.15. The van der Waals surface area contributed by atoms with Crippen molar-refractivity contribution < 1.29 is 9.47 Å². The first kappa shape index (κ1) is 14.3. The van der Waals surface area contributed by atoms with Crippen molar-refractivity contribution in [2.24, 2.45) is 0 Å². The molecule has 1 aliphatic heterocycles. The van der Waals surface area contributed by atoms with Crippen LogP contribution < -0.4 is 9.47 Å². The van der Waals surface area contributed by atoms with Crippen LogP contribution in [0.1, 0.15) is 28.5 Å². The van der Waals surface area contributed by atoms with Gasteiger partial charge in [-0.15, -0.1) is 11.6 Å². The van der Waals surface area contributed by atoms with Gasteiger partial charge in [0.2, 0.25) is 0 Å². The first-order valence-corrected chi connectivity index (χ1v) is 7.76. The van der Waals surface area contributed by atoms with Crippen molar-refractivity contribution >= 4 is 11.6 Å². The van der Waals surface area contributed by atoms with E-state index in [0.717, 1.165) is 29.9 Å². The Morgan fingerprint density at radius 1 is 1.05 bits per heavy atom. The summed E-state index contributed by atoms with van der Waals surface area (Å²) in [5, 5.41) is -0.0664. The molecule has 0 saturated carbocycles. The van der Waals surface area contributed by atoms with Crippen LogP contribution >= 0.6 is 11.6 Å². The Morgan fingerprint density at radius 3 is 2.62 bits per heavy atom. The Morgan fingerprint density at radius 2 is 1.81 bits per heavy atom. The number of ether oxygens (including phenoxy) is 2. The lowest BCUT2D eigenvalue weighted by Crippen LogP contribution is -1.99. The van der Waals surface area contributed by atoms with E-state index in [2.05, 4.69) is 31.2 Å². The van der Waals surface area contributed by atoms with E-state index in [1.807, 2.05) is 18.2 Å². The van der Waals surface area contributed by atoms with Crippen LogP contribution in [0.5, 0.6) is 11.5 Å². The van der Waals surface area contributed by atoms with E-state index in [4.69, 9.17) is 21.1 Å². The standard InChI is InChI=1S/C18H19ClO2/c1-13-5-2-3-6-14(13)11-16(19)15-7-8-17-18(12-15)21-10-4-9-20-17/h2-3,5-8,12,16H,4,9-11H2,1H3. The van der Waals surface area contributed by atoms with E-state index in [9.17, 15) is 0 Å². The third-order valence-corrected chi connectivity index (χ3v) is 4.20. The van der Waals surface area contributed by atoms with Crippen LogP contribution in [0.25, 0.3) is 0 Å².